The van der Waals surface area contributed by atoms with E-state index in [1.807, 2.05) is 19.1 Å². The molecule has 0 radical (unpaired) electrons. The lowest BCUT2D eigenvalue weighted by molar-refractivity contribution is 0.476. The number of fused-ring (bicyclic) bond motifs is 3. The quantitative estimate of drug-likeness (QED) is 0.598. The Morgan fingerprint density at radius 3 is 2.88 bits per heavy atom. The Labute approximate surface area is 98.1 Å². The van der Waals surface area contributed by atoms with Crippen LogP contribution in [0.1, 0.15) is 12.6 Å². The molecule has 4 nitrogen and oxygen atoms in total. The first kappa shape index (κ1) is 9.96. The molecule has 17 heavy (non-hydrogen) atoms. The molecule has 1 aromatic carbocycles. The van der Waals surface area contributed by atoms with Gasteiger partial charge in [0.1, 0.15) is 11.6 Å². The number of phenols is 1. The van der Waals surface area contributed by atoms with E-state index in [-0.39, 0.29) is 5.75 Å². The van der Waals surface area contributed by atoms with E-state index in [9.17, 15) is 5.11 Å². The van der Waals surface area contributed by atoms with Crippen LogP contribution in [-0.4, -0.2) is 15.1 Å². The van der Waals surface area contributed by atoms with Gasteiger partial charge in [0.25, 0.3) is 0 Å². The second-order valence-corrected chi connectivity index (χ2v) is 4.12. The Morgan fingerprint density at radius 2 is 2.12 bits per heavy atom. The number of anilines is 1. The van der Waals surface area contributed by atoms with Crippen molar-refractivity contribution in [1.29, 1.82) is 0 Å². The SMILES string of the molecule is CCc1nc(N)cc2c1[nH]c1ccc(O)cc12. The molecule has 0 amide bonds. The molecular weight excluding hydrogens is 214 g/mol. The van der Waals surface area contributed by atoms with Gasteiger partial charge in [0, 0.05) is 16.3 Å². The van der Waals surface area contributed by atoms with Gasteiger partial charge in [-0.2, -0.15) is 0 Å². The number of nitrogens with zero attached hydrogens (tertiary/aromatic N) is 1. The fourth-order valence-electron chi connectivity index (χ4n) is 2.23. The molecule has 0 fully saturated rings. The summed E-state index contributed by atoms with van der Waals surface area (Å²) in [7, 11) is 0. The van der Waals surface area contributed by atoms with E-state index in [1.54, 1.807) is 12.1 Å². The van der Waals surface area contributed by atoms with Crippen molar-refractivity contribution in [1.82, 2.24) is 9.97 Å². The summed E-state index contributed by atoms with van der Waals surface area (Å²) in [5.74, 6) is 0.769. The van der Waals surface area contributed by atoms with Gasteiger partial charge in [-0.25, -0.2) is 4.98 Å². The summed E-state index contributed by atoms with van der Waals surface area (Å²) >= 11 is 0. The molecule has 4 heteroatoms. The van der Waals surface area contributed by atoms with Crippen LogP contribution in [0.3, 0.4) is 0 Å². The van der Waals surface area contributed by atoms with E-state index >= 15 is 0 Å². The average molecular weight is 227 g/mol. The van der Waals surface area contributed by atoms with Crippen LogP contribution >= 0.6 is 0 Å². The van der Waals surface area contributed by atoms with Crippen molar-refractivity contribution in [3.05, 3.63) is 30.0 Å². The molecule has 0 bridgehead atoms. The topological polar surface area (TPSA) is 74.9 Å². The highest BCUT2D eigenvalue weighted by molar-refractivity contribution is 6.09. The highest BCUT2D eigenvalue weighted by atomic mass is 16.3. The summed E-state index contributed by atoms with van der Waals surface area (Å²) in [4.78, 5) is 7.64. The Balaban J connectivity index is 2.52. The molecule has 0 unspecified atom stereocenters. The Bertz CT molecular complexity index is 715. The Morgan fingerprint density at radius 1 is 1.29 bits per heavy atom. The molecule has 0 aliphatic carbocycles. The van der Waals surface area contributed by atoms with E-state index in [1.165, 1.54) is 0 Å². The van der Waals surface area contributed by atoms with E-state index < -0.39 is 0 Å². The lowest BCUT2D eigenvalue weighted by Gasteiger charge is -2.00. The number of hydrogen-bond acceptors (Lipinski definition) is 3. The maximum atomic E-state index is 9.54. The van der Waals surface area contributed by atoms with Gasteiger partial charge < -0.3 is 15.8 Å². The molecule has 3 rings (SSSR count). The van der Waals surface area contributed by atoms with Gasteiger partial charge in [-0.05, 0) is 30.7 Å². The molecule has 2 aromatic heterocycles. The van der Waals surface area contributed by atoms with Crippen LogP contribution in [0.4, 0.5) is 5.82 Å². The number of nitrogen functional groups attached to an aromatic ring is 1. The zero-order chi connectivity index (χ0) is 12.0. The van der Waals surface area contributed by atoms with Crippen molar-refractivity contribution in [2.24, 2.45) is 0 Å². The van der Waals surface area contributed by atoms with Gasteiger partial charge in [-0.1, -0.05) is 6.92 Å². The van der Waals surface area contributed by atoms with Crippen LogP contribution < -0.4 is 5.73 Å². The van der Waals surface area contributed by atoms with Gasteiger partial charge in [0.05, 0.1) is 11.2 Å². The molecule has 0 aliphatic rings. The smallest absolute Gasteiger partial charge is 0.124 e. The van der Waals surface area contributed by atoms with E-state index in [2.05, 4.69) is 9.97 Å². The molecule has 0 saturated heterocycles. The summed E-state index contributed by atoms with van der Waals surface area (Å²) in [6.45, 7) is 2.05. The zero-order valence-electron chi connectivity index (χ0n) is 9.49. The van der Waals surface area contributed by atoms with Crippen molar-refractivity contribution in [3.63, 3.8) is 0 Å². The largest absolute Gasteiger partial charge is 0.508 e. The van der Waals surface area contributed by atoms with Gasteiger partial charge in [0.15, 0.2) is 0 Å². The standard InChI is InChI=1S/C13H13N3O/c1-2-10-13-9(6-12(14)15-10)8-5-7(17)3-4-11(8)16-13/h3-6,16-17H,2H2,1H3,(H2,14,15). The highest BCUT2D eigenvalue weighted by Gasteiger charge is 2.10. The predicted octanol–water partition coefficient (Wildman–Crippen LogP) is 2.57. The summed E-state index contributed by atoms with van der Waals surface area (Å²) in [6, 6.07) is 7.11. The number of phenolic OH excluding ortho intramolecular Hbond substituents is 1. The van der Waals surface area contributed by atoms with Gasteiger partial charge in [0.2, 0.25) is 0 Å². The Kier molecular flexibility index (Phi) is 1.98. The van der Waals surface area contributed by atoms with Crippen molar-refractivity contribution < 1.29 is 5.11 Å². The number of aromatic amines is 1. The first-order valence-electron chi connectivity index (χ1n) is 5.59. The van der Waals surface area contributed by atoms with Crippen LogP contribution in [0.5, 0.6) is 5.75 Å². The van der Waals surface area contributed by atoms with Crippen LogP contribution in [0.25, 0.3) is 21.8 Å². The lowest BCUT2D eigenvalue weighted by Crippen LogP contribution is -1.95. The molecule has 0 atom stereocenters. The van der Waals surface area contributed by atoms with Crippen LogP contribution in [0, 0.1) is 0 Å². The molecule has 3 aromatic rings. The number of nitrogens with one attached hydrogen (secondary N) is 1. The summed E-state index contributed by atoms with van der Waals surface area (Å²) in [5.41, 5.74) is 8.74. The number of nitrogens with two attached hydrogens (primary N) is 1. The summed E-state index contributed by atoms with van der Waals surface area (Å²) in [5, 5.41) is 11.5. The molecule has 86 valence electrons. The molecular formula is C13H13N3O. The second kappa shape index (κ2) is 3.38. The fourth-order valence-corrected chi connectivity index (χ4v) is 2.23. The van der Waals surface area contributed by atoms with E-state index in [0.717, 1.165) is 33.9 Å². The minimum absolute atomic E-state index is 0.256. The van der Waals surface area contributed by atoms with Crippen LogP contribution in [0.15, 0.2) is 24.3 Å². The minimum Gasteiger partial charge on any atom is -0.508 e. The second-order valence-electron chi connectivity index (χ2n) is 4.12. The number of aryl methyl sites for hydroxylation is 1. The average Bonchev–Trinajstić information content (AvgIpc) is 2.66. The predicted molar refractivity (Wildman–Crippen MR) is 69.1 cm³/mol. The van der Waals surface area contributed by atoms with Crippen molar-refractivity contribution in [2.75, 3.05) is 5.73 Å². The zero-order valence-corrected chi connectivity index (χ0v) is 9.49. The number of benzene rings is 1. The van der Waals surface area contributed by atoms with Crippen molar-refractivity contribution in [2.45, 2.75) is 13.3 Å². The summed E-state index contributed by atoms with van der Waals surface area (Å²) < 4.78 is 0. The Hall–Kier alpha value is -2.23. The maximum Gasteiger partial charge on any atom is 0.124 e. The van der Waals surface area contributed by atoms with Gasteiger partial charge >= 0.3 is 0 Å². The number of aromatic hydroxyl groups is 1. The minimum atomic E-state index is 0.256. The van der Waals surface area contributed by atoms with Crippen LogP contribution in [0.2, 0.25) is 0 Å². The van der Waals surface area contributed by atoms with Crippen LogP contribution in [-0.2, 0) is 6.42 Å². The van der Waals surface area contributed by atoms with Gasteiger partial charge in [-0.15, -0.1) is 0 Å². The third-order valence-corrected chi connectivity index (χ3v) is 3.00. The monoisotopic (exact) mass is 227 g/mol. The molecule has 0 spiro atoms. The third kappa shape index (κ3) is 1.41. The lowest BCUT2D eigenvalue weighted by atomic mass is 10.1. The fraction of sp³-hybridized carbons (Fsp3) is 0.154. The number of hydrogen-bond donors (Lipinski definition) is 3. The number of rotatable bonds is 1. The normalized spacial score (nSPS) is 11.4. The molecule has 2 heterocycles. The van der Waals surface area contributed by atoms with Crippen molar-refractivity contribution in [3.8, 4) is 5.75 Å². The first-order chi connectivity index (χ1) is 8.19. The number of pyridine rings is 1. The number of aromatic nitrogens is 2. The first-order valence-corrected chi connectivity index (χ1v) is 5.59. The third-order valence-electron chi connectivity index (χ3n) is 3.00. The maximum absolute atomic E-state index is 9.54. The van der Waals surface area contributed by atoms with Crippen molar-refractivity contribution >= 4 is 27.6 Å². The molecule has 0 saturated carbocycles. The highest BCUT2D eigenvalue weighted by Crippen LogP contribution is 2.30. The molecule has 0 aliphatic heterocycles. The number of H-pyrrole nitrogens is 1. The van der Waals surface area contributed by atoms with E-state index in [0.29, 0.717) is 5.82 Å². The molecule has 4 N–H and O–H groups in total. The van der Waals surface area contributed by atoms with Gasteiger partial charge in [-0.3, -0.25) is 0 Å². The summed E-state index contributed by atoms with van der Waals surface area (Å²) in [6.07, 6.45) is 0.820. The van der Waals surface area contributed by atoms with E-state index in [4.69, 9.17) is 5.73 Å².